The summed E-state index contributed by atoms with van der Waals surface area (Å²) < 4.78 is 47.8. The van der Waals surface area contributed by atoms with E-state index in [1.807, 2.05) is 79.0 Å². The number of aliphatic carboxylic acids is 6. The van der Waals surface area contributed by atoms with Crippen molar-refractivity contribution in [3.8, 4) is 78.4 Å². The van der Waals surface area contributed by atoms with Crippen LogP contribution in [0.4, 0.5) is 0 Å². The molecule has 0 spiro atoms. The Hall–Kier alpha value is -8.08. The Morgan fingerprint density at radius 1 is 0.465 bits per heavy atom. The molecule has 11 aromatic rings. The normalized spacial score (nSPS) is 15.3. The van der Waals surface area contributed by atoms with Crippen molar-refractivity contribution in [3.05, 3.63) is 202 Å². The molecule has 29 nitrogen and oxygen atoms in total. The van der Waals surface area contributed by atoms with Gasteiger partial charge in [-0.3, -0.25) is 0 Å². The molecule has 0 bridgehead atoms. The van der Waals surface area contributed by atoms with E-state index in [2.05, 4.69) is 99.3 Å². The van der Waals surface area contributed by atoms with Crippen LogP contribution in [0.2, 0.25) is 10.0 Å². The summed E-state index contributed by atoms with van der Waals surface area (Å²) in [6, 6.07) is 41.3. The molecule has 2 fully saturated rings. The number of fused-ring (bicyclic) bond motifs is 2. The highest BCUT2D eigenvalue weighted by Gasteiger charge is 2.40. The summed E-state index contributed by atoms with van der Waals surface area (Å²) in [6.45, 7) is 12.5. The van der Waals surface area contributed by atoms with Gasteiger partial charge < -0.3 is 77.8 Å². The zero-order chi connectivity index (χ0) is 86.8. The molecule has 15 rings (SSSR count). The number of carboxylic acids is 6. The third kappa shape index (κ3) is 32.5. The topological polar surface area (TPSA) is 413 Å². The lowest BCUT2D eigenvalue weighted by Gasteiger charge is -2.17. The molecule has 6 N–H and O–H groups in total. The largest absolute Gasteiger partial charge is 0.479 e. The second-order valence-corrected chi connectivity index (χ2v) is 33.6. The van der Waals surface area contributed by atoms with Crippen LogP contribution in [0.1, 0.15) is 122 Å². The lowest BCUT2D eigenvalue weighted by atomic mass is 9.94. The molecule has 686 valence electrons. The maximum absolute atomic E-state index is 11.0. The number of thiazole rings is 2. The van der Waals surface area contributed by atoms with Crippen LogP contribution < -0.4 is 28.4 Å². The van der Waals surface area contributed by atoms with Crippen molar-refractivity contribution < 1.29 is 107 Å². The number of nitrogens with zero attached hydrogens (tertiary/aromatic N) is 7. The number of aryl methyl sites for hydroxylation is 1. The maximum Gasteiger partial charge on any atom is 0.344 e. The Bertz CT molecular complexity index is 5550. The van der Waals surface area contributed by atoms with Crippen LogP contribution >= 0.6 is 204 Å². The van der Waals surface area contributed by atoms with E-state index in [1.54, 1.807) is 97.3 Å². The van der Waals surface area contributed by atoms with Gasteiger partial charge in [-0.1, -0.05) is 120 Å². The summed E-state index contributed by atoms with van der Waals surface area (Å²) in [7, 11) is 0. The van der Waals surface area contributed by atoms with Gasteiger partial charge in [0.2, 0.25) is 0 Å². The predicted molar refractivity (Wildman–Crippen MR) is 534 cm³/mol. The van der Waals surface area contributed by atoms with Gasteiger partial charge in [-0.25, -0.2) is 38.7 Å². The average Bonchev–Trinajstić information content (AvgIpc) is 1.66. The summed E-state index contributed by atoms with van der Waals surface area (Å²) in [4.78, 5) is 89.1. The fourth-order valence-electron chi connectivity index (χ4n) is 11.4. The number of hydrogen-bond acceptors (Lipinski definition) is 25. The summed E-state index contributed by atoms with van der Waals surface area (Å²) in [5.41, 5.74) is 7.61. The second kappa shape index (κ2) is 53.3. The first-order valence-electron chi connectivity index (χ1n) is 36.8. The summed E-state index contributed by atoms with van der Waals surface area (Å²) in [5.74, 6) is -0.965. The molecule has 0 radical (unpaired) electrons. The quantitative estimate of drug-likeness (QED) is 0.0309. The zero-order valence-corrected chi connectivity index (χ0v) is 84.9. The van der Waals surface area contributed by atoms with Crippen LogP contribution in [0.5, 0.6) is 34.5 Å². The fourth-order valence-corrected chi connectivity index (χ4v) is 14.9. The van der Waals surface area contributed by atoms with Crippen LogP contribution in [0, 0.1) is 12.8 Å². The smallest absolute Gasteiger partial charge is 0.344 e. The van der Waals surface area contributed by atoms with E-state index >= 15 is 0 Å². The van der Waals surface area contributed by atoms with E-state index in [0.29, 0.717) is 85.1 Å². The standard InChI is InChI=1S/C16H12BrNO3S.C15H14BrNO4.C15H16BrNO4.C13H14BrNO4.C12H11ClN2O4.C12H10ClNO3S.7H2S/c1-9(16(19)20)21-13-7-6-10(17)8-11(13)15-18-12-4-2-3-5-14(12)22-15;1-8(15(18)19)20-13-5-4-10(16)6-11(13)12-7-14(21-17-12)9-2-3-9;1-8(15(18)19)20-12-6-5-9(16)7-11(12)14-10-3-2-4-13(10)21-17-14;1-7-5-12(19-15-7)10-6-9(14)3-4-11(10)18-8(2)13(16)17;1-6(12(16)17)18-10-4-3-8(13)5-9(10)11-14-7(2)15-19-11;1-7(12(15)16)17-10-3-2-8(13)6-9(10)11-14-4-5-18-11;;;;;;;/h2-9H,1H3,(H,19,20);4-9H,2-3H2,1H3,(H,18,19);5-8,10,13H,2-4H2,1H3,(H,18,19);3-4,6,8,12H,5H2,1-2H3,(H,16,17);3-6H,1-2H3,(H,16,17);2-7H,1H3,(H,15,16);7*1H2/t9-;8-;8-,10?,13?;8-,12-;6-;7-;;;;;;;/m000000......./s1. The van der Waals surface area contributed by atoms with Crippen LogP contribution in [-0.4, -0.2) is 146 Å². The fraction of sp³-hybridized carbons (Fsp3) is 0.289. The molecular weight excluding hydrogens is 2130 g/mol. The molecule has 0 amide bonds. The first kappa shape index (κ1) is 113. The highest BCUT2D eigenvalue weighted by molar-refractivity contribution is 9.11. The molecule has 4 aliphatic rings. The summed E-state index contributed by atoms with van der Waals surface area (Å²) >= 11 is 28.5. The number of rotatable bonds is 25. The van der Waals surface area contributed by atoms with E-state index in [4.69, 9.17) is 101 Å². The van der Waals surface area contributed by atoms with E-state index in [9.17, 15) is 28.8 Å². The van der Waals surface area contributed by atoms with Gasteiger partial charge in [-0.15, -0.1) is 22.7 Å². The van der Waals surface area contributed by atoms with Gasteiger partial charge in [-0.05, 0) is 209 Å². The lowest BCUT2D eigenvalue weighted by molar-refractivity contribution is -0.145. The van der Waals surface area contributed by atoms with Crippen LogP contribution in [0.15, 0.2) is 188 Å². The minimum Gasteiger partial charge on any atom is -0.479 e. The Morgan fingerprint density at radius 2 is 0.906 bits per heavy atom. The van der Waals surface area contributed by atoms with Crippen molar-refractivity contribution in [3.63, 3.8) is 0 Å². The van der Waals surface area contributed by atoms with Crippen molar-refractivity contribution in [1.29, 1.82) is 0 Å². The SMILES string of the molecule is CC1=NO[C@H](c2cc(Br)ccc2O[C@@H](C)C(=O)O)C1.C[C@H](Oc1ccc(Br)cc1-c1cc(C2CC2)on1)C(=O)O.C[C@H](Oc1ccc(Br)cc1-c1nc2ccccc2s1)C(=O)O.C[C@H](Oc1ccc(Br)cc1C1=NOC2CCCC12)C(=O)O.C[C@H](Oc1ccc(Cl)cc1-c1nccs1)C(=O)O.Cc1noc(-c2cc(Cl)ccc2O[C@@H](C)C(=O)O)n1.S.S.S.S.S.S.S. The van der Waals surface area contributed by atoms with Gasteiger partial charge in [-0.2, -0.15) is 99.5 Å². The first-order chi connectivity index (χ1) is 57.2. The van der Waals surface area contributed by atoms with E-state index < -0.39 is 72.4 Å². The third-order valence-corrected chi connectivity index (χ3v) is 22.2. The molecule has 4 aromatic heterocycles. The molecule has 2 unspecified atom stereocenters. The first-order valence-corrected chi connectivity index (χ1v) is 42.4. The molecular formula is C83H91Br4Cl2N7O22S9. The number of carbonyl (C=O) groups is 6. The molecule has 44 heteroatoms. The second-order valence-electron chi connectivity index (χ2n) is 27.1. The molecule has 2 saturated carbocycles. The van der Waals surface area contributed by atoms with Crippen molar-refractivity contribution in [2.75, 3.05) is 0 Å². The van der Waals surface area contributed by atoms with Gasteiger partial charge in [0.15, 0.2) is 48.6 Å². The number of para-hydroxylation sites is 1. The van der Waals surface area contributed by atoms with Gasteiger partial charge in [0.05, 0.1) is 38.3 Å². The number of benzene rings is 7. The van der Waals surface area contributed by atoms with Crippen LogP contribution in [0.25, 0.3) is 54.1 Å². The highest BCUT2D eigenvalue weighted by atomic mass is 79.9. The van der Waals surface area contributed by atoms with Crippen molar-refractivity contribution >= 4 is 262 Å². The van der Waals surface area contributed by atoms with Gasteiger partial charge in [0, 0.05) is 80.5 Å². The molecule has 7 aromatic carbocycles. The number of hydrogen-bond donors (Lipinski definition) is 6. The Kier molecular flexibility index (Phi) is 47.5. The van der Waals surface area contributed by atoms with Crippen molar-refractivity contribution in [1.82, 2.24) is 25.3 Å². The van der Waals surface area contributed by atoms with Crippen molar-refractivity contribution in [2.45, 2.75) is 149 Å². The Balaban J connectivity index is 0.000000389. The predicted octanol–water partition coefficient (Wildman–Crippen LogP) is 21.4. The number of carboxylic acid groups (broad SMARTS) is 6. The van der Waals surface area contributed by atoms with E-state index in [1.165, 1.54) is 52.9 Å². The number of halogens is 6. The molecule has 6 heterocycles. The van der Waals surface area contributed by atoms with Gasteiger partial charge in [0.25, 0.3) is 5.89 Å². The third-order valence-electron chi connectivity index (χ3n) is 17.8. The number of ether oxygens (including phenoxy) is 6. The molecule has 9 atom stereocenters. The van der Waals surface area contributed by atoms with Crippen LogP contribution in [-0.2, 0) is 38.4 Å². The molecule has 0 saturated heterocycles. The van der Waals surface area contributed by atoms with Gasteiger partial charge >= 0.3 is 35.8 Å². The Morgan fingerprint density at radius 3 is 1.37 bits per heavy atom. The maximum atomic E-state index is 11.0. The number of aromatic nitrogens is 5. The lowest BCUT2D eigenvalue weighted by Crippen LogP contribution is -2.25. The van der Waals surface area contributed by atoms with Crippen molar-refractivity contribution in [2.24, 2.45) is 16.2 Å². The number of oxime groups is 2. The molecule has 2 aliphatic carbocycles. The Labute approximate surface area is 830 Å². The van der Waals surface area contributed by atoms with E-state index in [0.717, 1.165) is 104 Å². The zero-order valence-electron chi connectivity index (χ0n) is 68.4. The summed E-state index contributed by atoms with van der Waals surface area (Å²) in [6.07, 6.45) is 2.13. The average molecular weight is 2220 g/mol. The molecule has 2 aliphatic heterocycles. The van der Waals surface area contributed by atoms with Crippen LogP contribution in [0.3, 0.4) is 0 Å². The molecule has 127 heavy (non-hydrogen) atoms. The van der Waals surface area contributed by atoms with E-state index in [-0.39, 0.29) is 118 Å². The highest BCUT2D eigenvalue weighted by Crippen LogP contribution is 2.45. The van der Waals surface area contributed by atoms with Gasteiger partial charge in [0.1, 0.15) is 62.1 Å². The minimum absolute atomic E-state index is 0. The monoisotopic (exact) mass is 2210 g/mol. The summed E-state index contributed by atoms with van der Waals surface area (Å²) in [5, 5.41) is 73.9. The minimum atomic E-state index is -1.07.